The molecule has 0 aliphatic rings. The van der Waals surface area contributed by atoms with Gasteiger partial charge in [0.1, 0.15) is 0 Å². The summed E-state index contributed by atoms with van der Waals surface area (Å²) in [6.45, 7) is 8.68. The second-order valence-electron chi connectivity index (χ2n) is 4.19. The van der Waals surface area contributed by atoms with Gasteiger partial charge in [-0.15, -0.1) is 9.24 Å². The first-order valence-corrected chi connectivity index (χ1v) is 5.19. The van der Waals surface area contributed by atoms with E-state index < -0.39 is 0 Å². The normalized spacial score (nSPS) is 17.6. The van der Waals surface area contributed by atoms with Crippen LogP contribution in [0, 0.1) is 11.8 Å². The zero-order valence-electron chi connectivity index (χ0n) is 8.67. The quantitative estimate of drug-likeness (QED) is 0.356. The van der Waals surface area contributed by atoms with Crippen LogP contribution in [-0.2, 0) is 0 Å². The molecular weight excluding hydrogens is 162 g/mol. The van der Waals surface area contributed by atoms with Crippen LogP contribution in [0.2, 0.25) is 0 Å². The zero-order valence-corrected chi connectivity index (χ0v) is 9.83. The summed E-state index contributed by atoms with van der Waals surface area (Å²) in [6, 6.07) is 0. The fourth-order valence-corrected chi connectivity index (χ4v) is 0.873. The lowest BCUT2D eigenvalue weighted by molar-refractivity contribution is 0.624. The molecule has 2 atom stereocenters. The van der Waals surface area contributed by atoms with E-state index in [-0.39, 0.29) is 5.06 Å². The van der Waals surface area contributed by atoms with E-state index in [1.807, 2.05) is 0 Å². The van der Waals surface area contributed by atoms with Gasteiger partial charge in [-0.25, -0.2) is 0 Å². The molecule has 2 heteroatoms. The first-order valence-electron chi connectivity index (χ1n) is 4.61. The third-order valence-electron chi connectivity index (χ3n) is 2.01. The van der Waals surface area contributed by atoms with Crippen molar-refractivity contribution in [2.75, 3.05) is 0 Å². The van der Waals surface area contributed by atoms with E-state index in [1.165, 1.54) is 0 Å². The van der Waals surface area contributed by atoms with Crippen molar-refractivity contribution in [1.29, 1.82) is 0 Å². The van der Waals surface area contributed by atoms with Gasteiger partial charge in [0.05, 0.1) is 7.85 Å². The molecule has 0 aromatic rings. The smallest absolute Gasteiger partial charge is 0.0862 e. The van der Waals surface area contributed by atoms with Crippen LogP contribution in [0.5, 0.6) is 0 Å². The molecule has 0 fully saturated rings. The van der Waals surface area contributed by atoms with Gasteiger partial charge in [-0.1, -0.05) is 39.8 Å². The maximum Gasteiger partial charge on any atom is 0.0862 e. The fourth-order valence-electron chi connectivity index (χ4n) is 0.737. The Morgan fingerprint density at radius 3 is 2.17 bits per heavy atom. The van der Waals surface area contributed by atoms with E-state index in [0.717, 1.165) is 6.42 Å². The largest absolute Gasteiger partial charge is 0.136 e. The molecule has 0 amide bonds. The van der Waals surface area contributed by atoms with Crippen LogP contribution in [0.4, 0.5) is 0 Å². The SMILES string of the molecule is [B]C(P)(/C=C/CC(C)C)C(C)C. The standard InChI is InChI=1S/C10H20BP/c1-8(2)6-5-7-10(11,12)9(3)4/h5,7-9H,6,12H2,1-4H3/b7-5+. The summed E-state index contributed by atoms with van der Waals surface area (Å²) >= 11 is 0. The van der Waals surface area contributed by atoms with Crippen LogP contribution in [0.25, 0.3) is 0 Å². The summed E-state index contributed by atoms with van der Waals surface area (Å²) in [6.07, 6.45) is 5.39. The van der Waals surface area contributed by atoms with Crippen molar-refractivity contribution in [2.24, 2.45) is 11.8 Å². The first kappa shape index (κ1) is 12.2. The van der Waals surface area contributed by atoms with Crippen molar-refractivity contribution in [2.45, 2.75) is 39.2 Å². The van der Waals surface area contributed by atoms with Crippen molar-refractivity contribution in [3.63, 3.8) is 0 Å². The summed E-state index contributed by atoms with van der Waals surface area (Å²) in [7, 11) is 8.73. The van der Waals surface area contributed by atoms with E-state index in [2.05, 4.69) is 49.1 Å². The summed E-state index contributed by atoms with van der Waals surface area (Å²) in [5.74, 6) is 1.18. The van der Waals surface area contributed by atoms with Gasteiger partial charge in [0.25, 0.3) is 0 Å². The second kappa shape index (κ2) is 5.07. The molecule has 0 aliphatic carbocycles. The van der Waals surface area contributed by atoms with Crippen molar-refractivity contribution < 1.29 is 0 Å². The molecule has 0 bridgehead atoms. The highest BCUT2D eigenvalue weighted by Gasteiger charge is 2.17. The molecule has 0 spiro atoms. The van der Waals surface area contributed by atoms with Crippen LogP contribution in [0.3, 0.4) is 0 Å². The average Bonchev–Trinajstić information content (AvgIpc) is 1.85. The maximum absolute atomic E-state index is 6.02. The minimum Gasteiger partial charge on any atom is -0.136 e. The minimum atomic E-state index is -0.227. The molecule has 0 saturated carbocycles. The van der Waals surface area contributed by atoms with E-state index in [9.17, 15) is 0 Å². The van der Waals surface area contributed by atoms with E-state index >= 15 is 0 Å². The Morgan fingerprint density at radius 2 is 1.83 bits per heavy atom. The Bertz CT molecular complexity index is 148. The average molecular weight is 182 g/mol. The highest BCUT2D eigenvalue weighted by molar-refractivity contribution is 7.22. The molecule has 0 aromatic carbocycles. The van der Waals surface area contributed by atoms with Gasteiger partial charge in [-0.3, -0.25) is 0 Å². The molecule has 0 rings (SSSR count). The summed E-state index contributed by atoms with van der Waals surface area (Å²) in [5, 5.41) is -0.227. The van der Waals surface area contributed by atoms with Crippen LogP contribution in [0.1, 0.15) is 34.1 Å². The van der Waals surface area contributed by atoms with Crippen LogP contribution in [0.15, 0.2) is 12.2 Å². The third kappa shape index (κ3) is 4.98. The molecule has 2 radical (unpaired) electrons. The fraction of sp³-hybridized carbons (Fsp3) is 0.800. The monoisotopic (exact) mass is 182 g/mol. The van der Waals surface area contributed by atoms with Crippen LogP contribution in [-0.4, -0.2) is 12.9 Å². The predicted octanol–water partition coefficient (Wildman–Crippen LogP) is 2.98. The van der Waals surface area contributed by atoms with Crippen LogP contribution >= 0.6 is 9.24 Å². The van der Waals surface area contributed by atoms with Gasteiger partial charge in [-0.05, 0) is 23.3 Å². The molecular formula is C10H20BP. The van der Waals surface area contributed by atoms with Crippen molar-refractivity contribution in [3.05, 3.63) is 12.2 Å². The second-order valence-corrected chi connectivity index (χ2v) is 5.19. The van der Waals surface area contributed by atoms with Crippen molar-refractivity contribution in [3.8, 4) is 0 Å². The van der Waals surface area contributed by atoms with Gasteiger partial charge in [-0.2, -0.15) is 0 Å². The molecule has 0 nitrogen and oxygen atoms in total. The molecule has 0 N–H and O–H groups in total. The van der Waals surface area contributed by atoms with Crippen molar-refractivity contribution in [1.82, 2.24) is 0 Å². The topological polar surface area (TPSA) is 0 Å². The molecule has 0 saturated heterocycles. The lowest BCUT2D eigenvalue weighted by Crippen LogP contribution is -2.24. The molecule has 68 valence electrons. The summed E-state index contributed by atoms with van der Waals surface area (Å²) < 4.78 is 0. The molecule has 12 heavy (non-hydrogen) atoms. The molecule has 0 aromatic heterocycles. The molecule has 2 unspecified atom stereocenters. The van der Waals surface area contributed by atoms with E-state index in [0.29, 0.717) is 11.8 Å². The van der Waals surface area contributed by atoms with Gasteiger partial charge >= 0.3 is 0 Å². The number of hydrogen-bond acceptors (Lipinski definition) is 0. The highest BCUT2D eigenvalue weighted by atomic mass is 31.0. The molecule has 0 aliphatic heterocycles. The number of allylic oxidation sites excluding steroid dienone is 2. The lowest BCUT2D eigenvalue weighted by Gasteiger charge is -2.25. The summed E-state index contributed by atoms with van der Waals surface area (Å²) in [4.78, 5) is 0. The molecule has 0 heterocycles. The maximum atomic E-state index is 6.02. The van der Waals surface area contributed by atoms with Gasteiger partial charge in [0, 0.05) is 0 Å². The third-order valence-corrected chi connectivity index (χ3v) is 2.87. The summed E-state index contributed by atoms with van der Waals surface area (Å²) in [5.41, 5.74) is 0. The Labute approximate surface area is 80.8 Å². The Morgan fingerprint density at radius 1 is 1.33 bits per heavy atom. The Kier molecular flexibility index (Phi) is 5.17. The number of hydrogen-bond donors (Lipinski definition) is 0. The Balaban J connectivity index is 3.96. The van der Waals surface area contributed by atoms with Gasteiger partial charge < -0.3 is 0 Å². The van der Waals surface area contributed by atoms with Gasteiger partial charge in [0.15, 0.2) is 0 Å². The minimum absolute atomic E-state index is 0.227. The Hall–Kier alpha value is 0.235. The lowest BCUT2D eigenvalue weighted by atomic mass is 9.76. The van der Waals surface area contributed by atoms with Gasteiger partial charge in [0.2, 0.25) is 0 Å². The highest BCUT2D eigenvalue weighted by Crippen LogP contribution is 2.25. The van der Waals surface area contributed by atoms with Crippen molar-refractivity contribution >= 4 is 17.1 Å². The number of rotatable bonds is 4. The van der Waals surface area contributed by atoms with E-state index in [4.69, 9.17) is 7.85 Å². The van der Waals surface area contributed by atoms with Crippen LogP contribution < -0.4 is 0 Å². The predicted molar refractivity (Wildman–Crippen MR) is 61.6 cm³/mol. The zero-order chi connectivity index (χ0) is 9.78. The first-order chi connectivity index (χ1) is 5.36. The van der Waals surface area contributed by atoms with E-state index in [1.54, 1.807) is 0 Å².